The fourth-order valence-corrected chi connectivity index (χ4v) is 3.77. The highest BCUT2D eigenvalue weighted by Crippen LogP contribution is 2.30. The molecule has 2 heterocycles. The number of ether oxygens (including phenoxy) is 6. The van der Waals surface area contributed by atoms with Crippen molar-refractivity contribution in [3.8, 4) is 17.2 Å². The molecule has 2 aliphatic heterocycles. The second kappa shape index (κ2) is 10.4. The number of nitrogens with one attached hydrogen (secondary N) is 2. The van der Waals surface area contributed by atoms with E-state index >= 15 is 0 Å². The number of hydrogen-bond donors (Lipinski definition) is 2. The smallest absolute Gasteiger partial charge is 0.412 e. The first-order valence-electron chi connectivity index (χ1n) is 10.5. The van der Waals surface area contributed by atoms with Crippen LogP contribution in [-0.4, -0.2) is 70.4 Å². The Kier molecular flexibility index (Phi) is 7.16. The summed E-state index contributed by atoms with van der Waals surface area (Å²) in [5.41, 5.74) is 0.461. The molecule has 4 unspecified atom stereocenters. The van der Waals surface area contributed by atoms with Crippen LogP contribution < -0.4 is 24.8 Å². The highest BCUT2D eigenvalue weighted by atomic mass is 16.6. The van der Waals surface area contributed by atoms with E-state index in [0.29, 0.717) is 22.9 Å². The van der Waals surface area contributed by atoms with Crippen molar-refractivity contribution >= 4 is 17.7 Å². The van der Waals surface area contributed by atoms with Crippen LogP contribution in [0.4, 0.5) is 10.5 Å². The Labute approximate surface area is 191 Å². The number of anilines is 1. The summed E-state index contributed by atoms with van der Waals surface area (Å²) in [5.74, 6) is 1.38. The standard InChI is InChI=1S/C23H26N2O8/c1-28-16-8-14(9-17(10-16)29-2)24-23(27)33-19-12-32-21-18(11-31-22(19)21)25-20(26)13-30-15-6-4-3-5-7-15/h3-10,18-19,21-22H,11-13H2,1-2H3,(H,24,27)(H,25,26). The Morgan fingerprint density at radius 3 is 2.33 bits per heavy atom. The molecule has 2 fully saturated rings. The number of methoxy groups -OCH3 is 2. The molecule has 4 atom stereocenters. The normalized spacial score (nSPS) is 23.3. The van der Waals surface area contributed by atoms with Gasteiger partial charge in [0.25, 0.3) is 5.91 Å². The number of benzene rings is 2. The lowest BCUT2D eigenvalue weighted by atomic mass is 10.1. The molecule has 176 valence electrons. The number of carbonyl (C=O) groups excluding carboxylic acids is 2. The quantitative estimate of drug-likeness (QED) is 0.618. The molecule has 0 bridgehead atoms. The lowest BCUT2D eigenvalue weighted by Gasteiger charge is -2.18. The lowest BCUT2D eigenvalue weighted by molar-refractivity contribution is -0.124. The summed E-state index contributed by atoms with van der Waals surface area (Å²) in [4.78, 5) is 24.7. The molecule has 2 N–H and O–H groups in total. The molecule has 10 heteroatoms. The molecule has 2 aliphatic rings. The maximum Gasteiger partial charge on any atom is 0.412 e. The maximum absolute atomic E-state index is 12.4. The van der Waals surface area contributed by atoms with Gasteiger partial charge in [0.2, 0.25) is 0 Å². The summed E-state index contributed by atoms with van der Waals surface area (Å²) in [6.45, 7) is 0.294. The Morgan fingerprint density at radius 2 is 1.64 bits per heavy atom. The molecule has 2 amide bonds. The van der Waals surface area contributed by atoms with Crippen LogP contribution in [-0.2, 0) is 19.0 Å². The van der Waals surface area contributed by atoms with Crippen molar-refractivity contribution in [1.29, 1.82) is 0 Å². The van der Waals surface area contributed by atoms with Gasteiger partial charge in [-0.3, -0.25) is 10.1 Å². The molecular weight excluding hydrogens is 432 g/mol. The molecule has 33 heavy (non-hydrogen) atoms. The number of carbonyl (C=O) groups is 2. The van der Waals surface area contributed by atoms with Crippen LogP contribution in [0.25, 0.3) is 0 Å². The second-order valence-electron chi connectivity index (χ2n) is 7.54. The Morgan fingerprint density at radius 1 is 0.939 bits per heavy atom. The fourth-order valence-electron chi connectivity index (χ4n) is 3.77. The zero-order valence-corrected chi connectivity index (χ0v) is 18.3. The summed E-state index contributed by atoms with van der Waals surface area (Å²) in [5, 5.41) is 5.52. The zero-order chi connectivity index (χ0) is 23.2. The van der Waals surface area contributed by atoms with E-state index in [0.717, 1.165) is 0 Å². The number of para-hydroxylation sites is 1. The highest BCUT2D eigenvalue weighted by Gasteiger charge is 2.50. The van der Waals surface area contributed by atoms with E-state index in [1.54, 1.807) is 30.3 Å². The molecule has 4 rings (SSSR count). The van der Waals surface area contributed by atoms with Gasteiger partial charge >= 0.3 is 6.09 Å². The number of rotatable bonds is 8. The van der Waals surface area contributed by atoms with Crippen molar-refractivity contribution in [1.82, 2.24) is 5.32 Å². The van der Waals surface area contributed by atoms with Crippen LogP contribution in [0.2, 0.25) is 0 Å². The third kappa shape index (κ3) is 5.65. The van der Waals surface area contributed by atoms with Crippen LogP contribution >= 0.6 is 0 Å². The summed E-state index contributed by atoms with van der Waals surface area (Å²) < 4.78 is 32.9. The molecule has 2 saturated heterocycles. The van der Waals surface area contributed by atoms with E-state index in [2.05, 4.69) is 10.6 Å². The van der Waals surface area contributed by atoms with Gasteiger partial charge in [0.1, 0.15) is 29.5 Å². The van der Waals surface area contributed by atoms with E-state index in [-0.39, 0.29) is 31.8 Å². The second-order valence-corrected chi connectivity index (χ2v) is 7.54. The molecule has 0 saturated carbocycles. The SMILES string of the molecule is COc1cc(NC(=O)OC2COC3C(NC(=O)COc4ccccc4)COC23)cc(OC)c1. The van der Waals surface area contributed by atoms with E-state index in [1.165, 1.54) is 14.2 Å². The average molecular weight is 458 g/mol. The van der Waals surface area contributed by atoms with Gasteiger partial charge in [-0.25, -0.2) is 4.79 Å². The van der Waals surface area contributed by atoms with E-state index in [1.807, 2.05) is 18.2 Å². The topological polar surface area (TPSA) is 114 Å². The van der Waals surface area contributed by atoms with Crippen LogP contribution in [0.5, 0.6) is 17.2 Å². The van der Waals surface area contributed by atoms with Crippen LogP contribution in [0, 0.1) is 0 Å². The molecule has 0 aliphatic carbocycles. The maximum atomic E-state index is 12.4. The number of amides is 2. The summed E-state index contributed by atoms with van der Waals surface area (Å²) in [6, 6.07) is 13.7. The minimum atomic E-state index is -0.660. The molecule has 0 aromatic heterocycles. The van der Waals surface area contributed by atoms with Gasteiger partial charge in [0.05, 0.1) is 39.2 Å². The van der Waals surface area contributed by atoms with E-state index in [4.69, 9.17) is 28.4 Å². The van der Waals surface area contributed by atoms with Gasteiger partial charge < -0.3 is 33.7 Å². The minimum absolute atomic E-state index is 0.121. The fraction of sp³-hybridized carbons (Fsp3) is 0.391. The van der Waals surface area contributed by atoms with Crippen LogP contribution in [0.3, 0.4) is 0 Å². The number of fused-ring (bicyclic) bond motifs is 1. The van der Waals surface area contributed by atoms with Crippen molar-refractivity contribution in [2.75, 3.05) is 39.4 Å². The molecule has 0 radical (unpaired) electrons. The largest absolute Gasteiger partial charge is 0.497 e. The van der Waals surface area contributed by atoms with Crippen molar-refractivity contribution < 1.29 is 38.0 Å². The van der Waals surface area contributed by atoms with Crippen molar-refractivity contribution in [2.45, 2.75) is 24.4 Å². The molecule has 10 nitrogen and oxygen atoms in total. The first-order valence-corrected chi connectivity index (χ1v) is 10.5. The van der Waals surface area contributed by atoms with E-state index in [9.17, 15) is 9.59 Å². The third-order valence-corrected chi connectivity index (χ3v) is 5.32. The first kappa shape index (κ1) is 22.7. The summed E-state index contributed by atoms with van der Waals surface area (Å²) in [6.07, 6.45) is -2.16. The minimum Gasteiger partial charge on any atom is -0.497 e. The third-order valence-electron chi connectivity index (χ3n) is 5.32. The molecule has 2 aromatic carbocycles. The van der Waals surface area contributed by atoms with Gasteiger partial charge in [-0.1, -0.05) is 18.2 Å². The zero-order valence-electron chi connectivity index (χ0n) is 18.3. The molecular formula is C23H26N2O8. The van der Waals surface area contributed by atoms with E-state index < -0.39 is 24.4 Å². The summed E-state index contributed by atoms with van der Waals surface area (Å²) >= 11 is 0. The van der Waals surface area contributed by atoms with Crippen LogP contribution in [0.1, 0.15) is 0 Å². The van der Waals surface area contributed by atoms with Gasteiger partial charge in [-0.2, -0.15) is 0 Å². The Balaban J connectivity index is 1.26. The van der Waals surface area contributed by atoms with Crippen LogP contribution in [0.15, 0.2) is 48.5 Å². The monoisotopic (exact) mass is 458 g/mol. The predicted molar refractivity (Wildman–Crippen MR) is 117 cm³/mol. The lowest BCUT2D eigenvalue weighted by Crippen LogP contribution is -2.46. The molecule has 2 aromatic rings. The van der Waals surface area contributed by atoms with Crippen molar-refractivity contribution in [3.05, 3.63) is 48.5 Å². The van der Waals surface area contributed by atoms with Gasteiger partial charge in [-0.05, 0) is 12.1 Å². The van der Waals surface area contributed by atoms with Crippen molar-refractivity contribution in [2.24, 2.45) is 0 Å². The van der Waals surface area contributed by atoms with Crippen molar-refractivity contribution in [3.63, 3.8) is 0 Å². The van der Waals surface area contributed by atoms with Gasteiger partial charge in [0.15, 0.2) is 12.7 Å². The predicted octanol–water partition coefficient (Wildman–Crippen LogP) is 1.98. The van der Waals surface area contributed by atoms with Gasteiger partial charge in [-0.15, -0.1) is 0 Å². The Bertz CT molecular complexity index is 948. The molecule has 0 spiro atoms. The van der Waals surface area contributed by atoms with Gasteiger partial charge in [0, 0.05) is 18.2 Å². The first-order chi connectivity index (χ1) is 16.1. The Hall–Kier alpha value is -3.50. The highest BCUT2D eigenvalue weighted by molar-refractivity contribution is 5.85. The summed E-state index contributed by atoms with van der Waals surface area (Å²) in [7, 11) is 3.04. The average Bonchev–Trinajstić information content (AvgIpc) is 3.41. The number of hydrogen-bond acceptors (Lipinski definition) is 8.